The monoisotopic (exact) mass is 282 g/mol. The average molecular weight is 282 g/mol. The lowest BCUT2D eigenvalue weighted by Crippen LogP contribution is -2.13. The van der Waals surface area contributed by atoms with Crippen molar-refractivity contribution in [1.29, 1.82) is 0 Å². The van der Waals surface area contributed by atoms with Crippen LogP contribution in [0.3, 0.4) is 0 Å². The molecule has 0 bridgehead atoms. The highest BCUT2D eigenvalue weighted by atomic mass is 16.6. The molecule has 0 spiro atoms. The zero-order chi connectivity index (χ0) is 15.1. The SMILES string of the molecule is COCCCC(=O)Nc1ccc(C(=O)O)cc1[N+](=O)[O-]. The molecular weight excluding hydrogens is 268 g/mol. The molecule has 1 rings (SSSR count). The highest BCUT2D eigenvalue weighted by Gasteiger charge is 2.18. The van der Waals surface area contributed by atoms with Crippen LogP contribution in [0.1, 0.15) is 23.2 Å². The van der Waals surface area contributed by atoms with Gasteiger partial charge in [0.2, 0.25) is 5.91 Å². The van der Waals surface area contributed by atoms with Gasteiger partial charge in [0.1, 0.15) is 5.69 Å². The molecule has 0 aliphatic carbocycles. The summed E-state index contributed by atoms with van der Waals surface area (Å²) in [6.45, 7) is 0.410. The fourth-order valence-corrected chi connectivity index (χ4v) is 1.51. The van der Waals surface area contributed by atoms with Crippen LogP contribution in [0.25, 0.3) is 0 Å². The zero-order valence-corrected chi connectivity index (χ0v) is 10.8. The van der Waals surface area contributed by atoms with Gasteiger partial charge in [0, 0.05) is 26.2 Å². The highest BCUT2D eigenvalue weighted by molar-refractivity contribution is 5.95. The zero-order valence-electron chi connectivity index (χ0n) is 10.8. The van der Waals surface area contributed by atoms with Crippen LogP contribution in [0.15, 0.2) is 18.2 Å². The molecule has 8 heteroatoms. The standard InChI is InChI=1S/C12H14N2O6/c1-20-6-2-3-11(15)13-9-5-4-8(12(16)17)7-10(9)14(18)19/h4-5,7H,2-3,6H2,1H3,(H,13,15)(H,16,17). The van der Waals surface area contributed by atoms with Crippen LogP contribution in [-0.4, -0.2) is 35.6 Å². The minimum absolute atomic E-state index is 0.0255. The molecule has 108 valence electrons. The number of hydrogen-bond acceptors (Lipinski definition) is 5. The summed E-state index contributed by atoms with van der Waals surface area (Å²) >= 11 is 0. The molecule has 0 atom stereocenters. The molecule has 1 aromatic carbocycles. The third-order valence-corrected chi connectivity index (χ3v) is 2.47. The van der Waals surface area contributed by atoms with Crippen LogP contribution in [0.5, 0.6) is 0 Å². The Bertz CT molecular complexity index is 529. The lowest BCUT2D eigenvalue weighted by atomic mass is 10.1. The third-order valence-electron chi connectivity index (χ3n) is 2.47. The minimum atomic E-state index is -1.27. The average Bonchev–Trinajstić information content (AvgIpc) is 2.38. The van der Waals surface area contributed by atoms with E-state index in [0.717, 1.165) is 6.07 Å². The number of carbonyl (C=O) groups excluding carboxylic acids is 1. The van der Waals surface area contributed by atoms with E-state index in [1.807, 2.05) is 0 Å². The van der Waals surface area contributed by atoms with E-state index in [-0.39, 0.29) is 17.7 Å². The fraction of sp³-hybridized carbons (Fsp3) is 0.333. The first-order valence-corrected chi connectivity index (χ1v) is 5.76. The summed E-state index contributed by atoms with van der Waals surface area (Å²) in [6, 6.07) is 3.31. The number of amides is 1. The van der Waals surface area contributed by atoms with Gasteiger partial charge in [-0.15, -0.1) is 0 Å². The Kier molecular flexibility index (Phi) is 5.60. The second kappa shape index (κ2) is 7.19. The van der Waals surface area contributed by atoms with Gasteiger partial charge in [0.05, 0.1) is 10.5 Å². The van der Waals surface area contributed by atoms with Gasteiger partial charge in [-0.25, -0.2) is 4.79 Å². The Morgan fingerprint density at radius 3 is 2.70 bits per heavy atom. The quantitative estimate of drug-likeness (QED) is 0.446. The van der Waals surface area contributed by atoms with Crippen LogP contribution < -0.4 is 5.32 Å². The molecule has 1 aromatic rings. The molecule has 20 heavy (non-hydrogen) atoms. The molecule has 0 unspecified atom stereocenters. The maximum atomic E-state index is 11.6. The van der Waals surface area contributed by atoms with Gasteiger partial charge in [-0.05, 0) is 18.6 Å². The second-order valence-corrected chi connectivity index (χ2v) is 3.94. The summed E-state index contributed by atoms with van der Waals surface area (Å²) in [6.07, 6.45) is 0.648. The van der Waals surface area contributed by atoms with Crippen molar-refractivity contribution >= 4 is 23.3 Å². The number of nitrogens with one attached hydrogen (secondary N) is 1. The predicted octanol–water partition coefficient (Wildman–Crippen LogP) is 1.66. The molecule has 0 saturated carbocycles. The number of hydrogen-bond donors (Lipinski definition) is 2. The number of aromatic carboxylic acids is 1. The van der Waals surface area contributed by atoms with Crippen molar-refractivity contribution in [2.24, 2.45) is 0 Å². The van der Waals surface area contributed by atoms with E-state index in [2.05, 4.69) is 5.32 Å². The number of nitrogens with zero attached hydrogens (tertiary/aromatic N) is 1. The summed E-state index contributed by atoms with van der Waals surface area (Å²) in [5.74, 6) is -1.67. The van der Waals surface area contributed by atoms with E-state index in [4.69, 9.17) is 9.84 Å². The Hall–Kier alpha value is -2.48. The maximum absolute atomic E-state index is 11.6. The predicted molar refractivity (Wildman–Crippen MR) is 69.8 cm³/mol. The number of methoxy groups -OCH3 is 1. The largest absolute Gasteiger partial charge is 0.478 e. The first-order valence-electron chi connectivity index (χ1n) is 5.76. The number of ether oxygens (including phenoxy) is 1. The van der Waals surface area contributed by atoms with E-state index in [9.17, 15) is 19.7 Å². The fourth-order valence-electron chi connectivity index (χ4n) is 1.51. The van der Waals surface area contributed by atoms with Crippen LogP contribution in [0.2, 0.25) is 0 Å². The number of carboxylic acids is 1. The van der Waals surface area contributed by atoms with E-state index in [1.165, 1.54) is 19.2 Å². The number of carboxylic acid groups (broad SMARTS) is 1. The molecule has 0 aliphatic rings. The first-order chi connectivity index (χ1) is 9.45. The Morgan fingerprint density at radius 2 is 2.15 bits per heavy atom. The molecule has 0 aromatic heterocycles. The third kappa shape index (κ3) is 4.32. The van der Waals surface area contributed by atoms with E-state index < -0.39 is 22.5 Å². The molecular formula is C12H14N2O6. The number of nitro groups is 1. The molecule has 0 saturated heterocycles. The summed E-state index contributed by atoms with van der Waals surface area (Å²) < 4.78 is 4.79. The van der Waals surface area contributed by atoms with Gasteiger partial charge in [-0.1, -0.05) is 0 Å². The van der Waals surface area contributed by atoms with Gasteiger partial charge >= 0.3 is 5.97 Å². The van der Waals surface area contributed by atoms with E-state index >= 15 is 0 Å². The summed E-state index contributed by atoms with van der Waals surface area (Å²) in [5.41, 5.74) is -0.693. The number of nitro benzene ring substituents is 1. The molecule has 0 fully saturated rings. The van der Waals surface area contributed by atoms with Gasteiger partial charge < -0.3 is 15.2 Å². The molecule has 2 N–H and O–H groups in total. The molecule has 0 aliphatic heterocycles. The normalized spacial score (nSPS) is 10.1. The van der Waals surface area contributed by atoms with Crippen molar-refractivity contribution in [3.8, 4) is 0 Å². The summed E-state index contributed by atoms with van der Waals surface area (Å²) in [5, 5.41) is 22.1. The van der Waals surface area contributed by atoms with Crippen molar-refractivity contribution in [2.45, 2.75) is 12.8 Å². The van der Waals surface area contributed by atoms with Crippen LogP contribution in [0.4, 0.5) is 11.4 Å². The van der Waals surface area contributed by atoms with E-state index in [0.29, 0.717) is 13.0 Å². The number of benzene rings is 1. The van der Waals surface area contributed by atoms with Gasteiger partial charge in [-0.2, -0.15) is 0 Å². The Morgan fingerprint density at radius 1 is 1.45 bits per heavy atom. The number of rotatable bonds is 7. The lowest BCUT2D eigenvalue weighted by molar-refractivity contribution is -0.384. The van der Waals surface area contributed by atoms with Crippen molar-refractivity contribution in [3.05, 3.63) is 33.9 Å². The molecule has 1 amide bonds. The molecule has 0 radical (unpaired) electrons. The van der Waals surface area contributed by atoms with Gasteiger partial charge in [0.15, 0.2) is 0 Å². The van der Waals surface area contributed by atoms with Crippen molar-refractivity contribution in [2.75, 3.05) is 19.0 Å². The topological polar surface area (TPSA) is 119 Å². The maximum Gasteiger partial charge on any atom is 0.335 e. The first kappa shape index (κ1) is 15.6. The minimum Gasteiger partial charge on any atom is -0.478 e. The smallest absolute Gasteiger partial charge is 0.335 e. The Labute approximate surface area is 114 Å². The summed E-state index contributed by atoms with van der Waals surface area (Å²) in [4.78, 5) is 32.5. The molecule has 8 nitrogen and oxygen atoms in total. The number of anilines is 1. The second-order valence-electron chi connectivity index (χ2n) is 3.94. The van der Waals surface area contributed by atoms with E-state index in [1.54, 1.807) is 0 Å². The van der Waals surface area contributed by atoms with Crippen molar-refractivity contribution in [1.82, 2.24) is 0 Å². The van der Waals surface area contributed by atoms with Crippen LogP contribution in [-0.2, 0) is 9.53 Å². The summed E-state index contributed by atoms with van der Waals surface area (Å²) in [7, 11) is 1.51. The van der Waals surface area contributed by atoms with Gasteiger partial charge in [-0.3, -0.25) is 14.9 Å². The lowest BCUT2D eigenvalue weighted by Gasteiger charge is -2.06. The van der Waals surface area contributed by atoms with Crippen molar-refractivity contribution in [3.63, 3.8) is 0 Å². The van der Waals surface area contributed by atoms with Crippen molar-refractivity contribution < 1.29 is 24.4 Å². The molecule has 0 heterocycles. The van der Waals surface area contributed by atoms with Crippen LogP contribution in [0, 0.1) is 10.1 Å². The number of carbonyl (C=O) groups is 2. The Balaban J connectivity index is 2.86. The highest BCUT2D eigenvalue weighted by Crippen LogP contribution is 2.25. The van der Waals surface area contributed by atoms with Crippen LogP contribution >= 0.6 is 0 Å². The van der Waals surface area contributed by atoms with Gasteiger partial charge in [0.25, 0.3) is 5.69 Å².